The molecule has 4 N–H and O–H groups in total. The van der Waals surface area contributed by atoms with E-state index in [4.69, 9.17) is 54.5 Å². The highest BCUT2D eigenvalue weighted by molar-refractivity contribution is 9.10. The number of benzene rings is 2. The highest BCUT2D eigenvalue weighted by Gasteiger charge is 2.51. The molecular weight excluding hydrogens is 778 g/mol. The molecule has 5 rings (SSSR count). The van der Waals surface area contributed by atoms with Crippen LogP contribution >= 0.6 is 39.1 Å². The number of hydrogen-bond donors (Lipinski definition) is 2. The minimum atomic E-state index is -0.542. The molecule has 0 saturated carbocycles. The first-order chi connectivity index (χ1) is 24.5. The van der Waals surface area contributed by atoms with E-state index in [1.54, 1.807) is 30.3 Å². The van der Waals surface area contributed by atoms with E-state index in [1.165, 1.54) is 0 Å². The highest BCUT2D eigenvalue weighted by Crippen LogP contribution is 2.36. The largest absolute Gasteiger partial charge is 0.494 e. The van der Waals surface area contributed by atoms with Crippen molar-refractivity contribution in [1.29, 1.82) is 10.5 Å². The van der Waals surface area contributed by atoms with Crippen molar-refractivity contribution >= 4 is 63.5 Å². The number of halogens is 3. The fourth-order valence-electron chi connectivity index (χ4n) is 4.99. The number of amides is 2. The maximum Gasteiger partial charge on any atom is 0.494 e. The number of aryl methyl sites for hydroxylation is 2. The Bertz CT molecular complexity index is 2010. The van der Waals surface area contributed by atoms with Gasteiger partial charge in [-0.25, -0.2) is 9.97 Å². The van der Waals surface area contributed by atoms with Gasteiger partial charge in [0.05, 0.1) is 38.1 Å². The molecule has 1 fully saturated rings. The van der Waals surface area contributed by atoms with Gasteiger partial charge in [-0.1, -0.05) is 81.6 Å². The molecule has 278 valence electrons. The van der Waals surface area contributed by atoms with Crippen LogP contribution in [0.15, 0.2) is 65.3 Å². The lowest BCUT2D eigenvalue weighted by atomic mass is 9.79. The molecule has 2 aromatic heterocycles. The number of aromatic nitrogens is 2. The van der Waals surface area contributed by atoms with Crippen LogP contribution in [0.25, 0.3) is 11.3 Å². The number of rotatable bonds is 8. The van der Waals surface area contributed by atoms with E-state index in [2.05, 4.69) is 25.9 Å². The average molecular weight is 822 g/mol. The summed E-state index contributed by atoms with van der Waals surface area (Å²) in [5, 5.41) is 18.5. The molecule has 14 heteroatoms. The summed E-state index contributed by atoms with van der Waals surface area (Å²) in [5.74, 6) is -1.01. The van der Waals surface area contributed by atoms with Gasteiger partial charge in [0.25, 0.3) is 11.8 Å². The predicted molar refractivity (Wildman–Crippen MR) is 215 cm³/mol. The molecule has 0 atom stereocenters. The second kappa shape index (κ2) is 19.7. The first kappa shape index (κ1) is 44.9. The van der Waals surface area contributed by atoms with E-state index in [9.17, 15) is 9.59 Å². The Morgan fingerprint density at radius 2 is 1.25 bits per heavy atom. The summed E-state index contributed by atoms with van der Waals surface area (Å²) >= 11 is 15.2. The van der Waals surface area contributed by atoms with Crippen LogP contribution in [0.2, 0.25) is 10.0 Å². The van der Waals surface area contributed by atoms with E-state index in [0.717, 1.165) is 47.8 Å². The topological polar surface area (TPSA) is 178 Å². The van der Waals surface area contributed by atoms with Crippen molar-refractivity contribution in [1.82, 2.24) is 9.97 Å². The lowest BCUT2D eigenvalue weighted by molar-refractivity contribution is 0.00578. The fourth-order valence-corrected chi connectivity index (χ4v) is 5.76. The summed E-state index contributed by atoms with van der Waals surface area (Å²) in [6.07, 6.45) is 3.46. The standard InChI is InChI=1S/C16H14ClN3O.C13H15BClNO2.C9H11BrN2O.CH4/c1-2-3-10-6-7-14(20-15(10)16(19)21)11-4-5-12(9-18)13(17)8-11;1-12(2)13(3,4)18-14(17-12)10-6-5-9(8-16)11(15)7-10;1-2-3-6-4-5-7(10)12-8(6)9(11)13;/h4-8H,2-3H2,1H3,(H2,19,21);5-7H,1-4H3;4-5H,2-3H2,1H3,(H2,11,13);1H4. The third kappa shape index (κ3) is 11.6. The smallest absolute Gasteiger partial charge is 0.399 e. The van der Waals surface area contributed by atoms with E-state index in [1.807, 2.05) is 84.0 Å². The number of primary amides is 2. The first-order valence-corrected chi connectivity index (χ1v) is 18.0. The quantitative estimate of drug-likeness (QED) is 0.132. The Kier molecular flexibility index (Phi) is 16.7. The Balaban J connectivity index is 0.000000280. The van der Waals surface area contributed by atoms with Gasteiger partial charge in [-0.15, -0.1) is 0 Å². The van der Waals surface area contributed by atoms with Crippen LogP contribution in [0.1, 0.15) is 105 Å². The Hall–Kier alpha value is -4.30. The molecule has 0 unspecified atom stereocenters. The van der Waals surface area contributed by atoms with Gasteiger partial charge in [-0.3, -0.25) is 9.59 Å². The average Bonchev–Trinajstić information content (AvgIpc) is 3.32. The van der Waals surface area contributed by atoms with Crippen LogP contribution in [0.5, 0.6) is 0 Å². The predicted octanol–water partition coefficient (Wildman–Crippen LogP) is 8.37. The summed E-state index contributed by atoms with van der Waals surface area (Å²) in [5.41, 5.74) is 15.3. The van der Waals surface area contributed by atoms with Crippen molar-refractivity contribution in [2.75, 3.05) is 0 Å². The zero-order chi connectivity index (χ0) is 38.8. The third-order valence-electron chi connectivity index (χ3n) is 8.45. The molecule has 0 spiro atoms. The van der Waals surface area contributed by atoms with Gasteiger partial charge in [0.2, 0.25) is 0 Å². The lowest BCUT2D eigenvalue weighted by Crippen LogP contribution is -2.41. The monoisotopic (exact) mass is 820 g/mol. The van der Waals surface area contributed by atoms with Gasteiger partial charge in [0, 0.05) is 5.56 Å². The van der Waals surface area contributed by atoms with E-state index >= 15 is 0 Å². The molecule has 3 heterocycles. The van der Waals surface area contributed by atoms with Gasteiger partial charge < -0.3 is 20.8 Å². The fraction of sp³-hybridized carbons (Fsp3) is 0.333. The number of pyridine rings is 2. The van der Waals surface area contributed by atoms with Gasteiger partial charge >= 0.3 is 7.12 Å². The molecule has 0 radical (unpaired) electrons. The number of nitrogens with two attached hydrogens (primary N) is 2. The van der Waals surface area contributed by atoms with Crippen LogP contribution in [-0.4, -0.2) is 40.1 Å². The summed E-state index contributed by atoms with van der Waals surface area (Å²) < 4.78 is 12.5. The van der Waals surface area contributed by atoms with Gasteiger partial charge in [0.1, 0.15) is 28.1 Å². The van der Waals surface area contributed by atoms with E-state index in [0.29, 0.717) is 37.2 Å². The molecule has 2 aromatic carbocycles. The normalized spacial score (nSPS) is 13.5. The van der Waals surface area contributed by atoms with Gasteiger partial charge in [-0.2, -0.15) is 10.5 Å². The Morgan fingerprint density at radius 3 is 1.70 bits per heavy atom. The summed E-state index contributed by atoms with van der Waals surface area (Å²) in [6, 6.07) is 21.7. The molecule has 53 heavy (non-hydrogen) atoms. The molecule has 2 amide bonds. The van der Waals surface area contributed by atoms with Crippen LogP contribution in [0.3, 0.4) is 0 Å². The zero-order valence-electron chi connectivity index (χ0n) is 29.9. The maximum atomic E-state index is 11.5. The Labute approximate surface area is 331 Å². The van der Waals surface area contributed by atoms with Crippen molar-refractivity contribution in [3.8, 4) is 23.4 Å². The van der Waals surface area contributed by atoms with Crippen molar-refractivity contribution in [3.63, 3.8) is 0 Å². The van der Waals surface area contributed by atoms with Crippen LogP contribution < -0.4 is 16.9 Å². The number of hydrogen-bond acceptors (Lipinski definition) is 8. The Morgan fingerprint density at radius 1 is 0.774 bits per heavy atom. The van der Waals surface area contributed by atoms with Crippen LogP contribution in [-0.2, 0) is 22.2 Å². The molecular formula is C39H44BBrCl2N6O4. The molecule has 4 aromatic rings. The van der Waals surface area contributed by atoms with Crippen molar-refractivity contribution in [3.05, 3.63) is 109 Å². The third-order valence-corrected chi connectivity index (χ3v) is 9.52. The van der Waals surface area contributed by atoms with E-state index < -0.39 is 18.9 Å². The summed E-state index contributed by atoms with van der Waals surface area (Å²) in [6.45, 7) is 12.1. The van der Waals surface area contributed by atoms with Crippen LogP contribution in [0.4, 0.5) is 0 Å². The zero-order valence-corrected chi connectivity index (χ0v) is 33.0. The molecule has 0 bridgehead atoms. The minimum absolute atomic E-state index is 0. The van der Waals surface area contributed by atoms with E-state index in [-0.39, 0.29) is 24.3 Å². The molecule has 0 aliphatic carbocycles. The molecule has 1 aliphatic heterocycles. The molecule has 10 nitrogen and oxygen atoms in total. The SMILES string of the molecule is C.CC1(C)OB(c2ccc(C#N)c(Cl)c2)OC1(C)C.CCCc1ccc(-c2ccc(C#N)c(Cl)c2)nc1C(N)=O.CCCc1ccc(Br)nc1C(N)=O. The lowest BCUT2D eigenvalue weighted by Gasteiger charge is -2.32. The second-order valence-electron chi connectivity index (χ2n) is 12.8. The van der Waals surface area contributed by atoms with Crippen molar-refractivity contribution in [2.24, 2.45) is 11.5 Å². The summed E-state index contributed by atoms with van der Waals surface area (Å²) in [4.78, 5) is 30.9. The first-order valence-electron chi connectivity index (χ1n) is 16.5. The summed E-state index contributed by atoms with van der Waals surface area (Å²) in [7, 11) is -0.444. The molecule has 1 aliphatic rings. The minimum Gasteiger partial charge on any atom is -0.399 e. The van der Waals surface area contributed by atoms with Crippen molar-refractivity contribution < 1.29 is 18.9 Å². The number of carbonyl (C=O) groups excluding carboxylic acids is 2. The van der Waals surface area contributed by atoms with Crippen molar-refractivity contribution in [2.45, 2.75) is 85.9 Å². The number of nitrogens with zero attached hydrogens (tertiary/aromatic N) is 4. The van der Waals surface area contributed by atoms with Gasteiger partial charge in [0.15, 0.2) is 0 Å². The number of nitriles is 2. The highest BCUT2D eigenvalue weighted by atomic mass is 79.9. The second-order valence-corrected chi connectivity index (χ2v) is 14.4. The maximum absolute atomic E-state index is 11.5. The van der Waals surface area contributed by atoms with Crippen LogP contribution in [0, 0.1) is 22.7 Å². The number of carbonyl (C=O) groups is 2. The molecule has 1 saturated heterocycles. The van der Waals surface area contributed by atoms with Gasteiger partial charge in [-0.05, 0) is 109 Å².